The summed E-state index contributed by atoms with van der Waals surface area (Å²) in [5.41, 5.74) is 5.79. The molecule has 0 spiro atoms. The highest BCUT2D eigenvalue weighted by Gasteiger charge is 2.20. The second-order valence-electron chi connectivity index (χ2n) is 3.81. The van der Waals surface area contributed by atoms with Gasteiger partial charge in [0.2, 0.25) is 0 Å². The zero-order chi connectivity index (χ0) is 7.61. The Morgan fingerprint density at radius 1 is 1.60 bits per heavy atom. The Hall–Kier alpha value is -0.0800. The van der Waals surface area contributed by atoms with Crippen LogP contribution in [0.15, 0.2) is 0 Å². The molecule has 1 fully saturated rings. The van der Waals surface area contributed by atoms with Crippen LogP contribution in [-0.4, -0.2) is 18.2 Å². The Morgan fingerprint density at radius 3 is 2.50 bits per heavy atom. The van der Waals surface area contributed by atoms with E-state index in [4.69, 9.17) is 10.5 Å². The van der Waals surface area contributed by atoms with Crippen LogP contribution in [0, 0.1) is 0 Å². The second kappa shape index (κ2) is 2.89. The summed E-state index contributed by atoms with van der Waals surface area (Å²) in [6, 6.07) is 0. The van der Waals surface area contributed by atoms with Gasteiger partial charge in [0, 0.05) is 12.1 Å². The van der Waals surface area contributed by atoms with E-state index < -0.39 is 0 Å². The fraction of sp³-hybridized carbons (Fsp3) is 1.00. The molecule has 1 heterocycles. The van der Waals surface area contributed by atoms with Gasteiger partial charge in [-0.2, -0.15) is 0 Å². The Balaban J connectivity index is 2.04. The third-order valence-electron chi connectivity index (χ3n) is 1.90. The summed E-state index contributed by atoms with van der Waals surface area (Å²) in [6.07, 6.45) is 3.94. The predicted octanol–water partition coefficient (Wildman–Crippen LogP) is 1.29. The molecule has 0 aromatic heterocycles. The van der Waals surface area contributed by atoms with Crippen LogP contribution in [0.5, 0.6) is 0 Å². The van der Waals surface area contributed by atoms with E-state index in [2.05, 4.69) is 13.8 Å². The summed E-state index contributed by atoms with van der Waals surface area (Å²) in [7, 11) is 0. The van der Waals surface area contributed by atoms with E-state index in [1.54, 1.807) is 0 Å². The van der Waals surface area contributed by atoms with Crippen LogP contribution in [0.25, 0.3) is 0 Å². The van der Waals surface area contributed by atoms with E-state index in [1.165, 1.54) is 6.42 Å². The molecule has 0 aromatic carbocycles. The minimum Gasteiger partial charge on any atom is -0.378 e. The minimum absolute atomic E-state index is 0.0149. The molecule has 0 aromatic rings. The average Bonchev–Trinajstić information content (AvgIpc) is 1.56. The highest BCUT2D eigenvalue weighted by atomic mass is 16.5. The van der Waals surface area contributed by atoms with E-state index in [9.17, 15) is 0 Å². The fourth-order valence-electron chi connectivity index (χ4n) is 1.05. The molecule has 0 aliphatic carbocycles. The number of nitrogens with two attached hydrogens (primary N) is 1. The first-order valence-electron chi connectivity index (χ1n) is 3.98. The van der Waals surface area contributed by atoms with Gasteiger partial charge in [-0.25, -0.2) is 0 Å². The molecular weight excluding hydrogens is 126 g/mol. The Labute approximate surface area is 62.7 Å². The fourth-order valence-corrected chi connectivity index (χ4v) is 1.05. The Kier molecular flexibility index (Phi) is 2.32. The third kappa shape index (κ3) is 2.67. The van der Waals surface area contributed by atoms with Crippen molar-refractivity contribution < 1.29 is 4.74 Å². The normalized spacial score (nSPS) is 26.1. The van der Waals surface area contributed by atoms with Gasteiger partial charge in [0.1, 0.15) is 0 Å². The number of hydrogen-bond acceptors (Lipinski definition) is 2. The van der Waals surface area contributed by atoms with Crippen molar-refractivity contribution in [3.05, 3.63) is 0 Å². The van der Waals surface area contributed by atoms with Gasteiger partial charge in [0.15, 0.2) is 0 Å². The summed E-state index contributed by atoms with van der Waals surface area (Å²) in [5.74, 6) is 0. The van der Waals surface area contributed by atoms with Crippen molar-refractivity contribution in [2.24, 2.45) is 5.73 Å². The van der Waals surface area contributed by atoms with Crippen LogP contribution >= 0.6 is 0 Å². The standard InChI is InChI=1S/C8H17NO/c1-8(2,9)5-3-7-4-6-10-7/h7H,3-6,9H2,1-2H3. The Morgan fingerprint density at radius 2 is 2.20 bits per heavy atom. The van der Waals surface area contributed by atoms with Gasteiger partial charge in [0.05, 0.1) is 6.10 Å². The van der Waals surface area contributed by atoms with Crippen LogP contribution in [-0.2, 0) is 4.74 Å². The van der Waals surface area contributed by atoms with Crippen LogP contribution in [0.2, 0.25) is 0 Å². The largest absolute Gasteiger partial charge is 0.378 e. The highest BCUT2D eigenvalue weighted by molar-refractivity contribution is 4.76. The van der Waals surface area contributed by atoms with Crippen LogP contribution in [0.1, 0.15) is 33.1 Å². The Bertz CT molecular complexity index is 102. The van der Waals surface area contributed by atoms with E-state index in [1.807, 2.05) is 0 Å². The zero-order valence-corrected chi connectivity index (χ0v) is 6.89. The molecule has 10 heavy (non-hydrogen) atoms. The smallest absolute Gasteiger partial charge is 0.0597 e. The van der Waals surface area contributed by atoms with Gasteiger partial charge in [-0.05, 0) is 33.1 Å². The van der Waals surface area contributed by atoms with Gasteiger partial charge in [-0.1, -0.05) is 0 Å². The lowest BCUT2D eigenvalue weighted by atomic mass is 9.95. The molecule has 1 atom stereocenters. The number of rotatable bonds is 3. The average molecular weight is 143 g/mol. The highest BCUT2D eigenvalue weighted by Crippen LogP contribution is 2.19. The van der Waals surface area contributed by atoms with E-state index in [-0.39, 0.29) is 5.54 Å². The third-order valence-corrected chi connectivity index (χ3v) is 1.90. The van der Waals surface area contributed by atoms with Gasteiger partial charge < -0.3 is 10.5 Å². The van der Waals surface area contributed by atoms with Crippen molar-refractivity contribution in [2.45, 2.75) is 44.8 Å². The van der Waals surface area contributed by atoms with Gasteiger partial charge in [0.25, 0.3) is 0 Å². The second-order valence-corrected chi connectivity index (χ2v) is 3.81. The van der Waals surface area contributed by atoms with Crippen molar-refractivity contribution in [1.82, 2.24) is 0 Å². The first-order valence-corrected chi connectivity index (χ1v) is 3.98. The van der Waals surface area contributed by atoms with E-state index in [0.717, 1.165) is 19.4 Å². The molecule has 0 bridgehead atoms. The number of ether oxygens (including phenoxy) is 1. The summed E-state index contributed by atoms with van der Waals surface area (Å²) >= 11 is 0. The topological polar surface area (TPSA) is 35.2 Å². The lowest BCUT2D eigenvalue weighted by molar-refractivity contribution is -0.0574. The SMILES string of the molecule is CC(C)(N)CCC1CCO1. The molecule has 0 amide bonds. The quantitative estimate of drug-likeness (QED) is 0.646. The van der Waals surface area contributed by atoms with E-state index >= 15 is 0 Å². The molecule has 2 N–H and O–H groups in total. The van der Waals surface area contributed by atoms with Crippen molar-refractivity contribution in [1.29, 1.82) is 0 Å². The lowest BCUT2D eigenvalue weighted by Gasteiger charge is -2.29. The molecule has 0 radical (unpaired) electrons. The molecule has 1 unspecified atom stereocenters. The molecule has 1 saturated heterocycles. The summed E-state index contributed by atoms with van der Waals surface area (Å²) in [5, 5.41) is 0. The molecule has 0 saturated carbocycles. The molecule has 1 rings (SSSR count). The lowest BCUT2D eigenvalue weighted by Crippen LogP contribution is -2.35. The van der Waals surface area contributed by atoms with Crippen molar-refractivity contribution in [3.63, 3.8) is 0 Å². The maximum atomic E-state index is 5.81. The first-order chi connectivity index (χ1) is 4.58. The summed E-state index contributed by atoms with van der Waals surface area (Å²) in [6.45, 7) is 5.08. The maximum absolute atomic E-state index is 5.81. The predicted molar refractivity (Wildman–Crippen MR) is 41.9 cm³/mol. The first kappa shape index (κ1) is 8.02. The van der Waals surface area contributed by atoms with Crippen LogP contribution in [0.3, 0.4) is 0 Å². The molecule has 2 heteroatoms. The van der Waals surface area contributed by atoms with Crippen LogP contribution < -0.4 is 5.73 Å². The van der Waals surface area contributed by atoms with Gasteiger partial charge in [-0.3, -0.25) is 0 Å². The van der Waals surface area contributed by atoms with Gasteiger partial charge >= 0.3 is 0 Å². The van der Waals surface area contributed by atoms with Crippen molar-refractivity contribution in [2.75, 3.05) is 6.61 Å². The molecule has 1 aliphatic heterocycles. The monoisotopic (exact) mass is 143 g/mol. The zero-order valence-electron chi connectivity index (χ0n) is 6.89. The maximum Gasteiger partial charge on any atom is 0.0597 e. The molecule has 2 nitrogen and oxygen atoms in total. The summed E-state index contributed by atoms with van der Waals surface area (Å²) < 4.78 is 5.27. The van der Waals surface area contributed by atoms with Gasteiger partial charge in [-0.15, -0.1) is 0 Å². The van der Waals surface area contributed by atoms with Crippen LogP contribution in [0.4, 0.5) is 0 Å². The van der Waals surface area contributed by atoms with Crippen molar-refractivity contribution >= 4 is 0 Å². The summed E-state index contributed by atoms with van der Waals surface area (Å²) in [4.78, 5) is 0. The van der Waals surface area contributed by atoms with Crippen molar-refractivity contribution in [3.8, 4) is 0 Å². The minimum atomic E-state index is -0.0149. The number of hydrogen-bond donors (Lipinski definition) is 1. The molecule has 1 aliphatic rings. The molecule has 60 valence electrons. The molecular formula is C8H17NO. The van der Waals surface area contributed by atoms with E-state index in [0.29, 0.717) is 6.10 Å².